The van der Waals surface area contributed by atoms with Crippen LogP contribution >= 0.6 is 0 Å². The fraction of sp³-hybridized carbons (Fsp3) is 0.562. The van der Waals surface area contributed by atoms with Crippen molar-refractivity contribution in [2.45, 2.75) is 45.5 Å². The van der Waals surface area contributed by atoms with Crippen LogP contribution in [0.1, 0.15) is 44.4 Å². The van der Waals surface area contributed by atoms with Crippen LogP contribution in [0.15, 0.2) is 18.5 Å². The van der Waals surface area contributed by atoms with Gasteiger partial charge in [0.15, 0.2) is 11.5 Å². The smallest absolute Gasteiger partial charge is 0.345 e. The Bertz CT molecular complexity index is 945. The number of rotatable bonds is 4. The molecule has 1 aliphatic rings. The van der Waals surface area contributed by atoms with Gasteiger partial charge >= 0.3 is 6.18 Å². The van der Waals surface area contributed by atoms with Crippen molar-refractivity contribution >= 4 is 11.5 Å². The molecule has 3 aromatic heterocycles. The molecule has 27 heavy (non-hydrogen) atoms. The van der Waals surface area contributed by atoms with E-state index in [4.69, 9.17) is 0 Å². The number of aromatic nitrogens is 7. The normalized spacial score (nSPS) is 18.1. The molecule has 0 amide bonds. The maximum absolute atomic E-state index is 13.1. The Labute approximate surface area is 153 Å². The Morgan fingerprint density at radius 1 is 1.19 bits per heavy atom. The molecule has 4 rings (SSSR count). The topological polar surface area (TPSA) is 77.0 Å². The molecule has 8 nitrogen and oxygen atoms in total. The molecular formula is C16H19F3N8. The van der Waals surface area contributed by atoms with Crippen LogP contribution in [0.3, 0.4) is 0 Å². The lowest BCUT2D eigenvalue weighted by atomic mass is 10.2. The average Bonchev–Trinajstić information content (AvgIpc) is 3.31. The van der Waals surface area contributed by atoms with Gasteiger partial charge < -0.3 is 9.47 Å². The maximum Gasteiger partial charge on any atom is 0.453 e. The molecule has 0 N–H and O–H groups in total. The molecule has 3 aromatic rings. The standard InChI is InChI=1S/C16H19F3N8/c1-10(2)8-25-9-20-22-14(25)11-4-3-7-26(11)13-6-5-12-21-23-15(16(17,18)19)27(12)24-13/h5-6,9-11H,3-4,7-8H2,1-2H3. The summed E-state index contributed by atoms with van der Waals surface area (Å²) in [5, 5.41) is 19.3. The van der Waals surface area contributed by atoms with Crippen molar-refractivity contribution in [2.75, 3.05) is 11.4 Å². The van der Waals surface area contributed by atoms with Crippen molar-refractivity contribution in [2.24, 2.45) is 5.92 Å². The summed E-state index contributed by atoms with van der Waals surface area (Å²) >= 11 is 0. The number of anilines is 1. The first-order valence-electron chi connectivity index (χ1n) is 8.78. The summed E-state index contributed by atoms with van der Waals surface area (Å²) in [5.41, 5.74) is 0.0600. The van der Waals surface area contributed by atoms with E-state index in [1.54, 1.807) is 12.4 Å². The molecule has 1 fully saturated rings. The predicted molar refractivity (Wildman–Crippen MR) is 90.0 cm³/mol. The zero-order valence-electron chi connectivity index (χ0n) is 14.9. The van der Waals surface area contributed by atoms with Crippen molar-refractivity contribution in [3.8, 4) is 0 Å². The Kier molecular flexibility index (Phi) is 4.23. The lowest BCUT2D eigenvalue weighted by Crippen LogP contribution is -2.27. The largest absolute Gasteiger partial charge is 0.453 e. The van der Waals surface area contributed by atoms with Crippen molar-refractivity contribution in [3.05, 3.63) is 30.1 Å². The molecule has 0 aliphatic carbocycles. The molecule has 0 aromatic carbocycles. The molecule has 1 atom stereocenters. The van der Waals surface area contributed by atoms with Crippen LogP contribution in [0.2, 0.25) is 0 Å². The molecule has 0 bridgehead atoms. The first-order chi connectivity index (χ1) is 12.8. The summed E-state index contributed by atoms with van der Waals surface area (Å²) in [4.78, 5) is 1.97. The number of hydrogen-bond acceptors (Lipinski definition) is 6. The van der Waals surface area contributed by atoms with E-state index in [1.807, 2.05) is 9.47 Å². The van der Waals surface area contributed by atoms with Crippen LogP contribution in [0.25, 0.3) is 5.65 Å². The van der Waals surface area contributed by atoms with Crippen LogP contribution in [-0.4, -0.2) is 41.1 Å². The number of alkyl halides is 3. The lowest BCUT2D eigenvalue weighted by molar-refractivity contribution is -0.146. The Morgan fingerprint density at radius 3 is 2.74 bits per heavy atom. The van der Waals surface area contributed by atoms with Gasteiger partial charge in [-0.1, -0.05) is 13.8 Å². The molecule has 4 heterocycles. The number of halogens is 3. The van der Waals surface area contributed by atoms with Gasteiger partial charge in [0.05, 0.1) is 6.04 Å². The van der Waals surface area contributed by atoms with Gasteiger partial charge in [-0.2, -0.15) is 17.7 Å². The van der Waals surface area contributed by atoms with E-state index in [1.165, 1.54) is 6.07 Å². The van der Waals surface area contributed by atoms with Gasteiger partial charge in [-0.25, -0.2) is 0 Å². The molecule has 11 heteroatoms. The van der Waals surface area contributed by atoms with Crippen LogP contribution in [0.5, 0.6) is 0 Å². The monoisotopic (exact) mass is 380 g/mol. The van der Waals surface area contributed by atoms with E-state index < -0.39 is 12.0 Å². The molecular weight excluding hydrogens is 361 g/mol. The zero-order valence-corrected chi connectivity index (χ0v) is 14.9. The average molecular weight is 380 g/mol. The maximum atomic E-state index is 13.1. The molecule has 0 radical (unpaired) electrons. The van der Waals surface area contributed by atoms with Gasteiger partial charge in [0.2, 0.25) is 0 Å². The Balaban J connectivity index is 1.71. The molecule has 1 saturated heterocycles. The van der Waals surface area contributed by atoms with E-state index in [-0.39, 0.29) is 11.7 Å². The number of nitrogens with zero attached hydrogens (tertiary/aromatic N) is 8. The van der Waals surface area contributed by atoms with E-state index in [9.17, 15) is 13.2 Å². The fourth-order valence-corrected chi connectivity index (χ4v) is 3.47. The first kappa shape index (κ1) is 17.7. The van der Waals surface area contributed by atoms with Gasteiger partial charge in [0.1, 0.15) is 12.1 Å². The van der Waals surface area contributed by atoms with Crippen LogP contribution in [0, 0.1) is 5.92 Å². The third kappa shape index (κ3) is 3.21. The second kappa shape index (κ2) is 6.46. The highest BCUT2D eigenvalue weighted by Crippen LogP contribution is 2.35. The molecule has 0 spiro atoms. The molecule has 1 aliphatic heterocycles. The summed E-state index contributed by atoms with van der Waals surface area (Å²) < 4.78 is 42.2. The van der Waals surface area contributed by atoms with Gasteiger partial charge in [-0.05, 0) is 30.9 Å². The first-order valence-corrected chi connectivity index (χ1v) is 8.78. The third-order valence-corrected chi connectivity index (χ3v) is 4.55. The Hall–Kier alpha value is -2.72. The van der Waals surface area contributed by atoms with Gasteiger partial charge in [-0.3, -0.25) is 0 Å². The summed E-state index contributed by atoms with van der Waals surface area (Å²) in [7, 11) is 0. The summed E-state index contributed by atoms with van der Waals surface area (Å²) in [5.74, 6) is 0.547. The highest BCUT2D eigenvalue weighted by molar-refractivity contribution is 5.48. The van der Waals surface area contributed by atoms with Crippen molar-refractivity contribution in [3.63, 3.8) is 0 Å². The minimum atomic E-state index is -4.62. The molecule has 144 valence electrons. The summed E-state index contributed by atoms with van der Waals surface area (Å²) in [6.45, 7) is 5.68. The van der Waals surface area contributed by atoms with Crippen molar-refractivity contribution in [1.29, 1.82) is 0 Å². The number of hydrogen-bond donors (Lipinski definition) is 0. The van der Waals surface area contributed by atoms with Crippen LogP contribution < -0.4 is 4.90 Å². The SMILES string of the molecule is CC(C)Cn1cnnc1C1CCCN1c1ccc2nnc(C(F)(F)F)n2n1. The van der Waals surface area contributed by atoms with Crippen molar-refractivity contribution in [1.82, 2.24) is 34.6 Å². The fourth-order valence-electron chi connectivity index (χ4n) is 3.47. The third-order valence-electron chi connectivity index (χ3n) is 4.55. The lowest BCUT2D eigenvalue weighted by Gasteiger charge is -2.25. The van der Waals surface area contributed by atoms with E-state index in [2.05, 4.69) is 39.3 Å². The quantitative estimate of drug-likeness (QED) is 0.693. The van der Waals surface area contributed by atoms with E-state index >= 15 is 0 Å². The minimum absolute atomic E-state index is 0.0600. The second-order valence-electron chi connectivity index (χ2n) is 7.07. The van der Waals surface area contributed by atoms with Crippen LogP contribution in [0.4, 0.5) is 19.0 Å². The minimum Gasteiger partial charge on any atom is -0.345 e. The van der Waals surface area contributed by atoms with Crippen LogP contribution in [-0.2, 0) is 12.7 Å². The highest BCUT2D eigenvalue weighted by Gasteiger charge is 2.38. The zero-order chi connectivity index (χ0) is 19.2. The summed E-state index contributed by atoms with van der Waals surface area (Å²) in [6, 6.07) is 3.09. The predicted octanol–water partition coefficient (Wildman–Crippen LogP) is 2.73. The van der Waals surface area contributed by atoms with Gasteiger partial charge in [-0.15, -0.1) is 25.5 Å². The van der Waals surface area contributed by atoms with Crippen molar-refractivity contribution < 1.29 is 13.2 Å². The summed E-state index contributed by atoms with van der Waals surface area (Å²) in [6.07, 6.45) is -1.19. The Morgan fingerprint density at radius 2 is 2.00 bits per heavy atom. The molecule has 1 unspecified atom stereocenters. The highest BCUT2D eigenvalue weighted by atomic mass is 19.4. The van der Waals surface area contributed by atoms with E-state index in [0.29, 0.717) is 18.3 Å². The van der Waals surface area contributed by atoms with E-state index in [0.717, 1.165) is 29.7 Å². The molecule has 0 saturated carbocycles. The van der Waals surface area contributed by atoms with Gasteiger partial charge in [0.25, 0.3) is 5.82 Å². The number of fused-ring (bicyclic) bond motifs is 1. The van der Waals surface area contributed by atoms with Gasteiger partial charge in [0, 0.05) is 13.1 Å². The second-order valence-corrected chi connectivity index (χ2v) is 7.07.